The minimum atomic E-state index is -4.40. The second-order valence-corrected chi connectivity index (χ2v) is 16.5. The van der Waals surface area contributed by atoms with Crippen LogP contribution in [0.15, 0.2) is 60.8 Å². The van der Waals surface area contributed by atoms with Gasteiger partial charge in [0.1, 0.15) is 19.8 Å². The zero-order valence-electron chi connectivity index (χ0n) is 35.1. The first kappa shape index (κ1) is 52.7. The van der Waals surface area contributed by atoms with E-state index in [-0.39, 0.29) is 32.7 Å². The Kier molecular flexibility index (Phi) is 35.7. The summed E-state index contributed by atoms with van der Waals surface area (Å²) in [6.07, 6.45) is 41.4. The van der Waals surface area contributed by atoms with Crippen molar-refractivity contribution >= 4 is 19.8 Å². The van der Waals surface area contributed by atoms with Gasteiger partial charge in [-0.3, -0.25) is 18.6 Å². The number of carbonyl (C=O) groups is 2. The monoisotopic (exact) mass is 797 g/mol. The summed E-state index contributed by atoms with van der Waals surface area (Å²) < 4.78 is 34.1. The normalized spacial score (nSPS) is 14.2. The minimum absolute atomic E-state index is 0.0128. The number of hydrogen-bond acceptors (Lipinski definition) is 8. The maximum absolute atomic E-state index is 12.6. The van der Waals surface area contributed by atoms with Crippen LogP contribution in [0.1, 0.15) is 148 Å². The number of likely N-dealkylation sites (N-methyl/N-ethyl adjacent to an activating group) is 1. The Morgan fingerprint density at radius 2 is 1.07 bits per heavy atom. The van der Waals surface area contributed by atoms with Gasteiger partial charge >= 0.3 is 19.8 Å². The van der Waals surface area contributed by atoms with E-state index < -0.39 is 32.5 Å². The van der Waals surface area contributed by atoms with E-state index >= 15 is 0 Å². The molecule has 318 valence electrons. The molecule has 11 heteroatoms. The summed E-state index contributed by atoms with van der Waals surface area (Å²) in [4.78, 5) is 35.3. The van der Waals surface area contributed by atoms with E-state index in [2.05, 4.69) is 61.6 Å². The van der Waals surface area contributed by atoms with Gasteiger partial charge in [0.2, 0.25) is 0 Å². The number of quaternary nitrogens is 1. The summed E-state index contributed by atoms with van der Waals surface area (Å²) in [6.45, 7) is 2.31. The van der Waals surface area contributed by atoms with Crippen LogP contribution in [0.3, 0.4) is 0 Å². The number of ether oxygens (including phenoxy) is 2. The predicted molar refractivity (Wildman–Crippen MR) is 226 cm³/mol. The summed E-state index contributed by atoms with van der Waals surface area (Å²) in [5.41, 5.74) is 0. The Morgan fingerprint density at radius 3 is 1.64 bits per heavy atom. The molecule has 0 saturated carbocycles. The van der Waals surface area contributed by atoms with Crippen LogP contribution in [-0.2, 0) is 32.7 Å². The summed E-state index contributed by atoms with van der Waals surface area (Å²) in [5.74, 6) is -0.894. The van der Waals surface area contributed by atoms with Gasteiger partial charge < -0.3 is 24.0 Å². The molecule has 0 aromatic heterocycles. The van der Waals surface area contributed by atoms with Gasteiger partial charge in [-0.05, 0) is 83.5 Å². The highest BCUT2D eigenvalue weighted by molar-refractivity contribution is 7.47. The molecule has 0 rings (SSSR count). The largest absolute Gasteiger partial charge is 0.472 e. The Balaban J connectivity index is 4.50. The molecule has 0 aromatic carbocycles. The molecule has 0 fully saturated rings. The number of aliphatic hydroxyl groups is 1. The molecular weight excluding hydrogens is 717 g/mol. The lowest BCUT2D eigenvalue weighted by Crippen LogP contribution is -2.37. The van der Waals surface area contributed by atoms with Crippen LogP contribution in [0.5, 0.6) is 0 Å². The Bertz CT molecular complexity index is 1130. The molecule has 0 bridgehead atoms. The average molecular weight is 797 g/mol. The standard InChI is InChI=1S/C44H78NO9P/c1-5-6-7-8-9-10-11-17-20-23-26-29-32-35-43(47)51-40-42(41-53-55(49,50)52-39-37-45(2,3)4)54-44(48)36-33-30-27-24-21-18-15-13-12-14-16-19-22-25-28-31-34-38-46/h10-12,14-15,18-19,22,24,27,42,46H,5-9,13,16-17,20-21,23,25-26,28-41H2,1-4H3/p+1/b11-10-,14-12-,18-15-,22-19-,27-24-. The lowest BCUT2D eigenvalue weighted by Gasteiger charge is -2.24. The second kappa shape index (κ2) is 37.3. The van der Waals surface area contributed by atoms with Crippen LogP contribution in [0, 0.1) is 0 Å². The molecule has 0 aliphatic carbocycles. The zero-order chi connectivity index (χ0) is 40.7. The predicted octanol–water partition coefficient (Wildman–Crippen LogP) is 10.7. The van der Waals surface area contributed by atoms with Crippen molar-refractivity contribution in [2.45, 2.75) is 154 Å². The molecule has 0 aliphatic rings. The van der Waals surface area contributed by atoms with Crippen molar-refractivity contribution in [1.82, 2.24) is 0 Å². The molecule has 2 unspecified atom stereocenters. The molecule has 0 spiro atoms. The number of phosphoric ester groups is 1. The molecule has 0 aliphatic heterocycles. The van der Waals surface area contributed by atoms with Crippen molar-refractivity contribution in [3.63, 3.8) is 0 Å². The molecule has 55 heavy (non-hydrogen) atoms. The number of nitrogens with zero attached hydrogens (tertiary/aromatic N) is 1. The average Bonchev–Trinajstić information content (AvgIpc) is 3.13. The third-order valence-corrected chi connectivity index (χ3v) is 9.56. The molecule has 2 N–H and O–H groups in total. The Labute approximate surface area is 335 Å². The molecular formula is C44H79NO9P+. The molecule has 0 radical (unpaired) electrons. The summed E-state index contributed by atoms with van der Waals surface area (Å²) in [5, 5.41) is 8.80. The van der Waals surface area contributed by atoms with Crippen molar-refractivity contribution < 1.29 is 47.2 Å². The molecule has 0 aromatic rings. The van der Waals surface area contributed by atoms with Gasteiger partial charge in [-0.15, -0.1) is 0 Å². The molecule has 2 atom stereocenters. The second-order valence-electron chi connectivity index (χ2n) is 15.1. The van der Waals surface area contributed by atoms with E-state index in [1.54, 1.807) is 0 Å². The fourth-order valence-electron chi connectivity index (χ4n) is 5.21. The number of unbranched alkanes of at least 4 members (excludes halogenated alkanes) is 13. The van der Waals surface area contributed by atoms with E-state index in [9.17, 15) is 19.0 Å². The Hall–Kier alpha value is -2.33. The lowest BCUT2D eigenvalue weighted by molar-refractivity contribution is -0.870. The topological polar surface area (TPSA) is 129 Å². The van der Waals surface area contributed by atoms with Gasteiger partial charge in [0.05, 0.1) is 27.7 Å². The SMILES string of the molecule is CCCCCC/C=C\CCCCCCCC(=O)OCC(COP(=O)(O)OCC[N+](C)(C)C)OC(=O)CCC/C=C\C/C=C\C/C=C\C/C=C\CCCCCO. The maximum Gasteiger partial charge on any atom is 0.472 e. The number of esters is 2. The van der Waals surface area contributed by atoms with Crippen LogP contribution >= 0.6 is 7.82 Å². The van der Waals surface area contributed by atoms with Gasteiger partial charge in [-0.25, -0.2) is 4.57 Å². The van der Waals surface area contributed by atoms with Gasteiger partial charge in [0.25, 0.3) is 0 Å². The molecule has 0 amide bonds. The first-order valence-electron chi connectivity index (χ1n) is 21.1. The number of rotatable bonds is 38. The first-order valence-corrected chi connectivity index (χ1v) is 22.6. The summed E-state index contributed by atoms with van der Waals surface area (Å²) in [6, 6.07) is 0. The van der Waals surface area contributed by atoms with Gasteiger partial charge in [-0.1, -0.05) is 113 Å². The van der Waals surface area contributed by atoms with E-state index in [0.29, 0.717) is 30.3 Å². The highest BCUT2D eigenvalue weighted by Gasteiger charge is 2.27. The third kappa shape index (κ3) is 41.1. The van der Waals surface area contributed by atoms with E-state index in [4.69, 9.17) is 23.6 Å². The van der Waals surface area contributed by atoms with E-state index in [0.717, 1.165) is 77.0 Å². The lowest BCUT2D eigenvalue weighted by atomic mass is 10.1. The summed E-state index contributed by atoms with van der Waals surface area (Å²) >= 11 is 0. The fraction of sp³-hybridized carbons (Fsp3) is 0.727. The van der Waals surface area contributed by atoms with Gasteiger partial charge in [0.15, 0.2) is 6.10 Å². The highest BCUT2D eigenvalue weighted by atomic mass is 31.2. The fourth-order valence-corrected chi connectivity index (χ4v) is 5.96. The number of phosphoric acid groups is 1. The van der Waals surface area contributed by atoms with Gasteiger partial charge in [0, 0.05) is 19.4 Å². The maximum atomic E-state index is 12.6. The molecule has 10 nitrogen and oxygen atoms in total. The molecule has 0 saturated heterocycles. The van der Waals surface area contributed by atoms with Crippen LogP contribution < -0.4 is 0 Å². The van der Waals surface area contributed by atoms with Crippen molar-refractivity contribution in [2.24, 2.45) is 0 Å². The zero-order valence-corrected chi connectivity index (χ0v) is 36.0. The van der Waals surface area contributed by atoms with Crippen molar-refractivity contribution in [2.75, 3.05) is 54.1 Å². The van der Waals surface area contributed by atoms with Gasteiger partial charge in [-0.2, -0.15) is 0 Å². The number of carbonyl (C=O) groups excluding carboxylic acids is 2. The van der Waals surface area contributed by atoms with Crippen LogP contribution in [0.4, 0.5) is 0 Å². The van der Waals surface area contributed by atoms with E-state index in [1.165, 1.54) is 32.1 Å². The van der Waals surface area contributed by atoms with E-state index in [1.807, 2.05) is 27.2 Å². The third-order valence-electron chi connectivity index (χ3n) is 8.57. The molecule has 0 heterocycles. The minimum Gasteiger partial charge on any atom is -0.462 e. The smallest absolute Gasteiger partial charge is 0.462 e. The Morgan fingerprint density at radius 1 is 0.600 bits per heavy atom. The van der Waals surface area contributed by atoms with Crippen LogP contribution in [0.25, 0.3) is 0 Å². The van der Waals surface area contributed by atoms with Crippen molar-refractivity contribution in [3.8, 4) is 0 Å². The first-order chi connectivity index (χ1) is 26.5. The summed E-state index contributed by atoms with van der Waals surface area (Å²) in [7, 11) is 1.41. The number of allylic oxidation sites excluding steroid dienone is 10. The quantitative estimate of drug-likeness (QED) is 0.0206. The highest BCUT2D eigenvalue weighted by Crippen LogP contribution is 2.43. The van der Waals surface area contributed by atoms with Crippen molar-refractivity contribution in [3.05, 3.63) is 60.8 Å². The number of hydrogen-bond donors (Lipinski definition) is 2. The van der Waals surface area contributed by atoms with Crippen LogP contribution in [-0.4, -0.2) is 86.6 Å². The van der Waals surface area contributed by atoms with Crippen LogP contribution in [0.2, 0.25) is 0 Å². The van der Waals surface area contributed by atoms with Crippen molar-refractivity contribution in [1.29, 1.82) is 0 Å². The number of aliphatic hydroxyl groups excluding tert-OH is 1.